The van der Waals surface area contributed by atoms with E-state index in [2.05, 4.69) is 5.32 Å². The maximum absolute atomic E-state index is 10.9. The van der Waals surface area contributed by atoms with Gasteiger partial charge in [-0.05, 0) is 38.3 Å². The van der Waals surface area contributed by atoms with Crippen molar-refractivity contribution < 1.29 is 14.8 Å². The van der Waals surface area contributed by atoms with Gasteiger partial charge in [-0.3, -0.25) is 14.9 Å². The van der Waals surface area contributed by atoms with Gasteiger partial charge in [-0.25, -0.2) is 0 Å². The van der Waals surface area contributed by atoms with Crippen LogP contribution in [0.15, 0.2) is 18.2 Å². The van der Waals surface area contributed by atoms with Crippen molar-refractivity contribution >= 4 is 17.3 Å². The third-order valence-electron chi connectivity index (χ3n) is 3.55. The molecule has 2 unspecified atom stereocenters. The van der Waals surface area contributed by atoms with Crippen LogP contribution in [-0.4, -0.2) is 22.0 Å². The molecule has 2 atom stereocenters. The van der Waals surface area contributed by atoms with Gasteiger partial charge < -0.3 is 10.4 Å². The smallest absolute Gasteiger partial charge is 0.306 e. The van der Waals surface area contributed by atoms with E-state index in [1.54, 1.807) is 19.1 Å². The minimum Gasteiger partial charge on any atom is -0.481 e. The summed E-state index contributed by atoms with van der Waals surface area (Å²) in [5.41, 5.74) is 1.50. The second-order valence-corrected chi connectivity index (χ2v) is 4.95. The van der Waals surface area contributed by atoms with Gasteiger partial charge in [-0.1, -0.05) is 0 Å². The topological polar surface area (TPSA) is 92.5 Å². The number of nitro groups is 1. The number of hydrogen-bond acceptors (Lipinski definition) is 4. The largest absolute Gasteiger partial charge is 0.481 e. The molecule has 0 bridgehead atoms. The van der Waals surface area contributed by atoms with Gasteiger partial charge in [0.1, 0.15) is 0 Å². The average Bonchev–Trinajstić information content (AvgIpc) is 2.77. The second kappa shape index (κ2) is 5.26. The molecule has 102 valence electrons. The average molecular weight is 264 g/mol. The molecule has 1 fully saturated rings. The van der Waals surface area contributed by atoms with E-state index in [1.807, 2.05) is 0 Å². The zero-order chi connectivity index (χ0) is 14.0. The number of nitrogens with zero attached hydrogens (tertiary/aromatic N) is 1. The lowest BCUT2D eigenvalue weighted by atomic mass is 10.1. The van der Waals surface area contributed by atoms with E-state index in [9.17, 15) is 14.9 Å². The van der Waals surface area contributed by atoms with Crippen molar-refractivity contribution in [1.82, 2.24) is 0 Å². The highest BCUT2D eigenvalue weighted by atomic mass is 16.6. The highest BCUT2D eigenvalue weighted by molar-refractivity contribution is 5.70. The predicted octanol–water partition coefficient (Wildman–Crippen LogP) is 2.57. The third kappa shape index (κ3) is 3.01. The van der Waals surface area contributed by atoms with Gasteiger partial charge >= 0.3 is 5.97 Å². The van der Waals surface area contributed by atoms with E-state index in [0.29, 0.717) is 18.4 Å². The summed E-state index contributed by atoms with van der Waals surface area (Å²) < 4.78 is 0. The van der Waals surface area contributed by atoms with Gasteiger partial charge in [0.25, 0.3) is 5.69 Å². The number of benzene rings is 1. The third-order valence-corrected chi connectivity index (χ3v) is 3.55. The SMILES string of the molecule is Cc1cc(NC2CCC(C(=O)O)C2)ccc1[N+](=O)[O-]. The Morgan fingerprint density at radius 3 is 2.74 bits per heavy atom. The summed E-state index contributed by atoms with van der Waals surface area (Å²) in [4.78, 5) is 21.2. The van der Waals surface area contributed by atoms with E-state index >= 15 is 0 Å². The minimum absolute atomic E-state index is 0.0976. The van der Waals surface area contributed by atoms with Crippen LogP contribution in [0.5, 0.6) is 0 Å². The van der Waals surface area contributed by atoms with Crippen LogP contribution in [0.1, 0.15) is 24.8 Å². The lowest BCUT2D eigenvalue weighted by Crippen LogP contribution is -2.17. The summed E-state index contributed by atoms with van der Waals surface area (Å²) in [6, 6.07) is 4.99. The fraction of sp³-hybridized carbons (Fsp3) is 0.462. The van der Waals surface area contributed by atoms with Gasteiger partial charge in [0.15, 0.2) is 0 Å². The van der Waals surface area contributed by atoms with Crippen molar-refractivity contribution in [2.75, 3.05) is 5.32 Å². The van der Waals surface area contributed by atoms with Crippen LogP contribution in [0, 0.1) is 23.0 Å². The summed E-state index contributed by atoms with van der Waals surface area (Å²) >= 11 is 0. The molecular weight excluding hydrogens is 248 g/mol. The van der Waals surface area contributed by atoms with E-state index in [1.165, 1.54) is 6.07 Å². The van der Waals surface area contributed by atoms with Gasteiger partial charge in [0.2, 0.25) is 0 Å². The molecule has 0 aromatic heterocycles. The fourth-order valence-corrected chi connectivity index (χ4v) is 2.52. The Morgan fingerprint density at radius 2 is 2.21 bits per heavy atom. The first kappa shape index (κ1) is 13.3. The molecule has 1 aliphatic rings. The van der Waals surface area contributed by atoms with Crippen LogP contribution in [0.4, 0.5) is 11.4 Å². The van der Waals surface area contributed by atoms with Gasteiger partial charge in [0.05, 0.1) is 10.8 Å². The highest BCUT2D eigenvalue weighted by Crippen LogP contribution is 2.29. The Kier molecular flexibility index (Phi) is 3.69. The first-order valence-corrected chi connectivity index (χ1v) is 6.21. The normalized spacial score (nSPS) is 22.2. The minimum atomic E-state index is -0.746. The van der Waals surface area contributed by atoms with E-state index in [4.69, 9.17) is 5.11 Å². The molecule has 1 aliphatic carbocycles. The first-order chi connectivity index (χ1) is 8.97. The summed E-state index contributed by atoms with van der Waals surface area (Å²) in [6.45, 7) is 1.69. The van der Waals surface area contributed by atoms with Crippen molar-refractivity contribution in [1.29, 1.82) is 0 Å². The van der Waals surface area contributed by atoms with E-state index < -0.39 is 10.9 Å². The molecule has 1 aromatic carbocycles. The number of carboxylic acids is 1. The number of nitrogens with one attached hydrogen (secondary N) is 1. The Hall–Kier alpha value is -2.11. The molecule has 19 heavy (non-hydrogen) atoms. The number of rotatable bonds is 4. The zero-order valence-electron chi connectivity index (χ0n) is 10.6. The van der Waals surface area contributed by atoms with E-state index in [-0.39, 0.29) is 17.6 Å². The quantitative estimate of drug-likeness (QED) is 0.644. The van der Waals surface area contributed by atoms with Crippen molar-refractivity contribution in [2.24, 2.45) is 5.92 Å². The molecule has 2 N–H and O–H groups in total. The molecule has 1 aromatic rings. The molecule has 0 amide bonds. The standard InChI is InChI=1S/C13H16N2O4/c1-8-6-10(4-5-12(8)15(18)19)14-11-3-2-9(7-11)13(16)17/h4-6,9,11,14H,2-3,7H2,1H3,(H,16,17). The molecule has 0 saturated heterocycles. The van der Waals surface area contributed by atoms with Gasteiger partial charge in [-0.2, -0.15) is 0 Å². The van der Waals surface area contributed by atoms with Crippen LogP contribution < -0.4 is 5.32 Å². The predicted molar refractivity (Wildman–Crippen MR) is 70.2 cm³/mol. The van der Waals surface area contributed by atoms with Crippen molar-refractivity contribution in [3.05, 3.63) is 33.9 Å². The van der Waals surface area contributed by atoms with Crippen LogP contribution in [-0.2, 0) is 4.79 Å². The first-order valence-electron chi connectivity index (χ1n) is 6.21. The number of anilines is 1. The molecule has 0 aliphatic heterocycles. The Bertz CT molecular complexity index is 515. The van der Waals surface area contributed by atoms with Crippen LogP contribution >= 0.6 is 0 Å². The van der Waals surface area contributed by atoms with Crippen LogP contribution in [0.3, 0.4) is 0 Å². The number of nitro benzene ring substituents is 1. The summed E-state index contributed by atoms with van der Waals surface area (Å²) in [6.07, 6.45) is 2.09. The Balaban J connectivity index is 2.03. The van der Waals surface area contributed by atoms with Crippen LogP contribution in [0.2, 0.25) is 0 Å². The number of carbonyl (C=O) groups is 1. The van der Waals surface area contributed by atoms with Crippen LogP contribution in [0.25, 0.3) is 0 Å². The monoisotopic (exact) mass is 264 g/mol. The highest BCUT2D eigenvalue weighted by Gasteiger charge is 2.29. The second-order valence-electron chi connectivity index (χ2n) is 4.95. The van der Waals surface area contributed by atoms with Gasteiger partial charge in [0, 0.05) is 23.4 Å². The molecule has 0 spiro atoms. The number of carboxylic acid groups (broad SMARTS) is 1. The molecule has 0 heterocycles. The molecule has 0 radical (unpaired) electrons. The zero-order valence-corrected chi connectivity index (χ0v) is 10.6. The summed E-state index contributed by atoms with van der Waals surface area (Å²) in [7, 11) is 0. The molecule has 2 rings (SSSR count). The molecule has 6 nitrogen and oxygen atoms in total. The summed E-state index contributed by atoms with van der Waals surface area (Å²) in [5.74, 6) is -1.03. The molecule has 1 saturated carbocycles. The van der Waals surface area contributed by atoms with E-state index in [0.717, 1.165) is 12.1 Å². The lowest BCUT2D eigenvalue weighted by Gasteiger charge is -2.14. The van der Waals surface area contributed by atoms with Crippen molar-refractivity contribution in [3.63, 3.8) is 0 Å². The van der Waals surface area contributed by atoms with Crippen molar-refractivity contribution in [3.8, 4) is 0 Å². The van der Waals surface area contributed by atoms with Crippen molar-refractivity contribution in [2.45, 2.75) is 32.2 Å². The number of aliphatic carboxylic acids is 1. The molecular formula is C13H16N2O4. The Morgan fingerprint density at radius 1 is 1.47 bits per heavy atom. The lowest BCUT2D eigenvalue weighted by molar-refractivity contribution is -0.385. The maximum Gasteiger partial charge on any atom is 0.306 e. The Labute approximate surface area is 110 Å². The number of hydrogen-bond donors (Lipinski definition) is 2. The fourth-order valence-electron chi connectivity index (χ4n) is 2.52. The number of aryl methyl sites for hydroxylation is 1. The molecule has 6 heteroatoms. The summed E-state index contributed by atoms with van der Waals surface area (Å²) in [5, 5.41) is 22.9. The maximum atomic E-state index is 10.9. The van der Waals surface area contributed by atoms with Gasteiger partial charge in [-0.15, -0.1) is 0 Å².